The number of aromatic nitrogens is 3. The van der Waals surface area contributed by atoms with E-state index in [1.54, 1.807) is 0 Å². The number of nitrogens with zero attached hydrogens (tertiary/aromatic N) is 3. The van der Waals surface area contributed by atoms with Gasteiger partial charge < -0.3 is 9.53 Å². The minimum atomic E-state index is -5.04. The number of alkyl halides is 3. The standard InChI is InChI=1S/C25H27F4N3O2SSi/c1-23(2,3)21(34-36(4)5)22-31-20(14-35-22)24(33,25(27,28)29)16-6-11-19-15(12-16)13-30-32(19)18-9-7-17(26)8-10-18/h6-14,21,33,36H,1-5H3. The molecule has 0 aliphatic rings. The Bertz CT molecular complexity index is 1360. The van der Waals surface area contributed by atoms with E-state index in [-0.39, 0.29) is 5.56 Å². The third-order valence-electron chi connectivity index (χ3n) is 5.78. The number of benzene rings is 2. The molecular formula is C25H27F4N3O2SSi. The summed E-state index contributed by atoms with van der Waals surface area (Å²) in [6, 6.07) is 9.52. The predicted octanol–water partition coefficient (Wildman–Crippen LogP) is 6.51. The maximum atomic E-state index is 14.5. The van der Waals surface area contributed by atoms with Gasteiger partial charge in [-0.3, -0.25) is 0 Å². The van der Waals surface area contributed by atoms with E-state index >= 15 is 0 Å². The molecule has 0 aliphatic heterocycles. The van der Waals surface area contributed by atoms with Crippen LogP contribution in [-0.4, -0.2) is 35.1 Å². The summed E-state index contributed by atoms with van der Waals surface area (Å²) in [5, 5.41) is 17.5. The number of hydrogen-bond donors (Lipinski definition) is 1. The summed E-state index contributed by atoms with van der Waals surface area (Å²) in [6.07, 6.45) is -4.12. The molecule has 2 heterocycles. The van der Waals surface area contributed by atoms with Crippen LogP contribution >= 0.6 is 11.3 Å². The molecule has 1 N–H and O–H groups in total. The summed E-state index contributed by atoms with van der Waals surface area (Å²) in [4.78, 5) is 4.28. The Balaban J connectivity index is 1.79. The average Bonchev–Trinajstić information content (AvgIpc) is 3.43. The van der Waals surface area contributed by atoms with E-state index < -0.39 is 43.8 Å². The topological polar surface area (TPSA) is 60.2 Å². The van der Waals surface area contributed by atoms with Crippen LogP contribution in [0.4, 0.5) is 17.6 Å². The Morgan fingerprint density at radius 2 is 1.72 bits per heavy atom. The van der Waals surface area contributed by atoms with Crippen molar-refractivity contribution in [1.29, 1.82) is 0 Å². The van der Waals surface area contributed by atoms with Crippen LogP contribution in [0.1, 0.15) is 43.1 Å². The van der Waals surface area contributed by atoms with Crippen LogP contribution in [0.5, 0.6) is 0 Å². The van der Waals surface area contributed by atoms with Gasteiger partial charge in [-0.05, 0) is 60.5 Å². The first kappa shape index (κ1) is 26.5. The van der Waals surface area contributed by atoms with Crippen molar-refractivity contribution in [3.8, 4) is 5.69 Å². The second kappa shape index (κ2) is 9.36. The fourth-order valence-electron chi connectivity index (χ4n) is 3.98. The minimum Gasteiger partial charge on any atom is -0.411 e. The smallest absolute Gasteiger partial charge is 0.411 e. The molecule has 0 saturated heterocycles. The van der Waals surface area contributed by atoms with Crippen molar-refractivity contribution >= 4 is 31.3 Å². The number of fused-ring (bicyclic) bond motifs is 1. The molecule has 0 fully saturated rings. The summed E-state index contributed by atoms with van der Waals surface area (Å²) in [5.41, 5.74) is -3.52. The maximum Gasteiger partial charge on any atom is 0.427 e. The zero-order valence-corrected chi connectivity index (χ0v) is 22.4. The van der Waals surface area contributed by atoms with Crippen molar-refractivity contribution in [2.24, 2.45) is 5.41 Å². The number of aliphatic hydroxyl groups is 1. The van der Waals surface area contributed by atoms with Gasteiger partial charge in [0.05, 0.1) is 23.1 Å². The van der Waals surface area contributed by atoms with Gasteiger partial charge in [0.15, 0.2) is 9.04 Å². The normalized spacial score (nSPS) is 15.4. The first-order valence-corrected chi connectivity index (χ1v) is 15.0. The lowest BCUT2D eigenvalue weighted by molar-refractivity contribution is -0.249. The van der Waals surface area contributed by atoms with Gasteiger partial charge in [-0.25, -0.2) is 14.1 Å². The van der Waals surface area contributed by atoms with Crippen LogP contribution in [0.25, 0.3) is 16.6 Å². The Kier molecular flexibility index (Phi) is 6.88. The Labute approximate surface area is 212 Å². The molecule has 192 valence electrons. The predicted molar refractivity (Wildman–Crippen MR) is 134 cm³/mol. The van der Waals surface area contributed by atoms with E-state index in [1.807, 2.05) is 33.9 Å². The highest BCUT2D eigenvalue weighted by Gasteiger charge is 2.58. The number of thiazole rings is 1. The fourth-order valence-corrected chi connectivity index (χ4v) is 6.30. The second-order valence-electron chi connectivity index (χ2n) is 10.0. The third kappa shape index (κ3) is 4.84. The molecule has 0 bridgehead atoms. The molecule has 0 aliphatic carbocycles. The third-order valence-corrected chi connectivity index (χ3v) is 7.48. The maximum absolute atomic E-state index is 14.5. The average molecular weight is 538 g/mol. The molecule has 4 aromatic rings. The van der Waals surface area contributed by atoms with Gasteiger partial charge in [-0.15, -0.1) is 11.3 Å². The SMILES string of the molecule is C[SiH](C)OC(c1nc(C(O)(c2ccc3c(cnn3-c3ccc(F)cc3)c2)C(F)(F)F)cs1)C(C)(C)C. The monoisotopic (exact) mass is 537 g/mol. The molecule has 0 spiro atoms. The molecule has 2 unspecified atom stereocenters. The Hall–Kier alpha value is -2.60. The van der Waals surface area contributed by atoms with Gasteiger partial charge in [-0.1, -0.05) is 26.8 Å². The van der Waals surface area contributed by atoms with Crippen LogP contribution in [0.3, 0.4) is 0 Å². The van der Waals surface area contributed by atoms with E-state index in [9.17, 15) is 22.7 Å². The van der Waals surface area contributed by atoms with Crippen molar-refractivity contribution in [2.75, 3.05) is 0 Å². The second-order valence-corrected chi connectivity index (χ2v) is 13.3. The Morgan fingerprint density at radius 3 is 2.31 bits per heavy atom. The van der Waals surface area contributed by atoms with Crippen molar-refractivity contribution in [3.05, 3.63) is 76.1 Å². The molecule has 0 saturated carbocycles. The van der Waals surface area contributed by atoms with Gasteiger partial charge in [-0.2, -0.15) is 18.3 Å². The summed E-state index contributed by atoms with van der Waals surface area (Å²) in [6.45, 7) is 9.80. The van der Waals surface area contributed by atoms with Gasteiger partial charge in [0.2, 0.25) is 5.60 Å². The van der Waals surface area contributed by atoms with E-state index in [4.69, 9.17) is 4.43 Å². The number of rotatable bonds is 6. The van der Waals surface area contributed by atoms with Crippen molar-refractivity contribution in [1.82, 2.24) is 14.8 Å². The lowest BCUT2D eigenvalue weighted by atomic mass is 9.88. The molecule has 2 atom stereocenters. The van der Waals surface area contributed by atoms with E-state index in [1.165, 1.54) is 58.7 Å². The highest BCUT2D eigenvalue weighted by atomic mass is 32.1. The lowest BCUT2D eigenvalue weighted by Gasteiger charge is -2.32. The highest BCUT2D eigenvalue weighted by molar-refractivity contribution is 7.09. The highest BCUT2D eigenvalue weighted by Crippen LogP contribution is 2.47. The molecule has 0 amide bonds. The van der Waals surface area contributed by atoms with E-state index in [2.05, 4.69) is 10.1 Å². The van der Waals surface area contributed by atoms with Gasteiger partial charge in [0.25, 0.3) is 0 Å². The van der Waals surface area contributed by atoms with Gasteiger partial charge in [0.1, 0.15) is 16.9 Å². The zero-order chi connectivity index (χ0) is 26.5. The summed E-state index contributed by atoms with van der Waals surface area (Å²) >= 11 is 1.05. The molecule has 0 radical (unpaired) electrons. The minimum absolute atomic E-state index is 0.371. The molecule has 2 aromatic carbocycles. The van der Waals surface area contributed by atoms with Crippen LogP contribution in [0.15, 0.2) is 54.0 Å². The van der Waals surface area contributed by atoms with Crippen molar-refractivity contribution < 1.29 is 27.1 Å². The molecule has 5 nitrogen and oxygen atoms in total. The molecular weight excluding hydrogens is 510 g/mol. The van der Waals surface area contributed by atoms with Crippen LogP contribution in [0.2, 0.25) is 13.1 Å². The Morgan fingerprint density at radius 1 is 1.06 bits per heavy atom. The summed E-state index contributed by atoms with van der Waals surface area (Å²) < 4.78 is 64.3. The summed E-state index contributed by atoms with van der Waals surface area (Å²) in [7, 11) is -1.53. The molecule has 36 heavy (non-hydrogen) atoms. The molecule has 4 rings (SSSR count). The number of hydrogen-bond acceptors (Lipinski definition) is 5. The first-order chi connectivity index (χ1) is 16.7. The van der Waals surface area contributed by atoms with Crippen LogP contribution < -0.4 is 0 Å². The molecule has 11 heteroatoms. The van der Waals surface area contributed by atoms with Crippen molar-refractivity contribution in [2.45, 2.75) is 51.7 Å². The van der Waals surface area contributed by atoms with Gasteiger partial charge >= 0.3 is 6.18 Å². The van der Waals surface area contributed by atoms with Gasteiger partial charge in [0, 0.05) is 10.8 Å². The zero-order valence-electron chi connectivity index (χ0n) is 20.5. The van der Waals surface area contributed by atoms with Crippen LogP contribution in [0, 0.1) is 11.2 Å². The summed E-state index contributed by atoms with van der Waals surface area (Å²) in [5.74, 6) is -0.412. The first-order valence-electron chi connectivity index (χ1n) is 11.4. The van der Waals surface area contributed by atoms with E-state index in [0.29, 0.717) is 21.6 Å². The van der Waals surface area contributed by atoms with Crippen LogP contribution in [-0.2, 0) is 10.0 Å². The molecule has 2 aromatic heterocycles. The lowest BCUT2D eigenvalue weighted by Crippen LogP contribution is -2.43. The van der Waals surface area contributed by atoms with E-state index in [0.717, 1.165) is 11.3 Å². The largest absolute Gasteiger partial charge is 0.427 e. The fraction of sp³-hybridized carbons (Fsp3) is 0.360. The number of halogens is 4. The van der Waals surface area contributed by atoms with Crippen molar-refractivity contribution in [3.63, 3.8) is 0 Å². The quantitative estimate of drug-likeness (QED) is 0.225.